The van der Waals surface area contributed by atoms with E-state index in [0.29, 0.717) is 24.3 Å². The van der Waals surface area contributed by atoms with Crippen molar-refractivity contribution in [2.75, 3.05) is 0 Å². The van der Waals surface area contributed by atoms with Crippen LogP contribution in [-0.2, 0) is 6.18 Å². The lowest BCUT2D eigenvalue weighted by Crippen LogP contribution is -2.06. The molecule has 2 aromatic rings. The van der Waals surface area contributed by atoms with Crippen LogP contribution in [0.2, 0.25) is 0 Å². The molecule has 0 spiro atoms. The minimum Gasteiger partial charge on any atom is -0.203 e. The summed E-state index contributed by atoms with van der Waals surface area (Å²) in [6.07, 6.45) is -4.69. The molecule has 0 aromatic heterocycles. The molecule has 0 heterocycles. The molecule has 0 aliphatic heterocycles. The highest BCUT2D eigenvalue weighted by molar-refractivity contribution is 5.65. The van der Waals surface area contributed by atoms with Crippen LogP contribution in [-0.4, -0.2) is 0 Å². The SMILES string of the molecule is Fc1c(F)c(F)c(-c2ccc(C(F)(F)F)cc2)c(F)c1F. The number of hydrogen-bond acceptors (Lipinski definition) is 0. The minimum absolute atomic E-state index is 0.480. The fourth-order valence-electron chi connectivity index (χ4n) is 1.68. The Labute approximate surface area is 112 Å². The molecule has 0 N–H and O–H groups in total. The lowest BCUT2D eigenvalue weighted by molar-refractivity contribution is -0.137. The van der Waals surface area contributed by atoms with Crippen molar-refractivity contribution in [2.45, 2.75) is 6.18 Å². The highest BCUT2D eigenvalue weighted by atomic mass is 19.4. The smallest absolute Gasteiger partial charge is 0.203 e. The standard InChI is InChI=1S/C13H4F8/c14-8-7(9(15)11(17)12(18)10(8)16)5-1-3-6(4-2-5)13(19,20)21/h1-4H. The molecule has 0 unspecified atom stereocenters. The largest absolute Gasteiger partial charge is 0.416 e. The summed E-state index contributed by atoms with van der Waals surface area (Å²) in [5.41, 5.74) is -2.95. The molecule has 2 rings (SSSR count). The lowest BCUT2D eigenvalue weighted by atomic mass is 10.0. The quantitative estimate of drug-likeness (QED) is 0.392. The molecule has 8 heteroatoms. The first kappa shape index (κ1) is 15.3. The summed E-state index contributed by atoms with van der Waals surface area (Å²) in [6, 6.07) is 2.21. The van der Waals surface area contributed by atoms with E-state index in [1.165, 1.54) is 0 Å². The molecule has 0 radical (unpaired) electrons. The van der Waals surface area contributed by atoms with E-state index < -0.39 is 52.0 Å². The number of benzene rings is 2. The summed E-state index contributed by atoms with van der Waals surface area (Å²) in [5.74, 6) is -10.9. The highest BCUT2D eigenvalue weighted by Crippen LogP contribution is 2.34. The first-order valence-electron chi connectivity index (χ1n) is 5.33. The predicted octanol–water partition coefficient (Wildman–Crippen LogP) is 5.07. The molecule has 0 aliphatic carbocycles. The number of alkyl halides is 3. The van der Waals surface area contributed by atoms with Gasteiger partial charge in [0.1, 0.15) is 0 Å². The first-order valence-corrected chi connectivity index (χ1v) is 5.33. The maximum absolute atomic E-state index is 13.5. The van der Waals surface area contributed by atoms with E-state index in [2.05, 4.69) is 0 Å². The van der Waals surface area contributed by atoms with Crippen LogP contribution in [0.25, 0.3) is 11.1 Å². The van der Waals surface area contributed by atoms with E-state index in [1.807, 2.05) is 0 Å². The van der Waals surface area contributed by atoms with Crippen LogP contribution in [0.15, 0.2) is 24.3 Å². The average Bonchev–Trinajstić information content (AvgIpc) is 2.43. The number of halogens is 8. The van der Waals surface area contributed by atoms with Gasteiger partial charge in [-0.15, -0.1) is 0 Å². The molecule has 21 heavy (non-hydrogen) atoms. The first-order chi connectivity index (χ1) is 9.64. The van der Waals surface area contributed by atoms with Crippen molar-refractivity contribution in [3.8, 4) is 11.1 Å². The van der Waals surface area contributed by atoms with Crippen LogP contribution in [0.1, 0.15) is 5.56 Å². The Kier molecular flexibility index (Phi) is 3.65. The fraction of sp³-hybridized carbons (Fsp3) is 0.0769. The zero-order chi connectivity index (χ0) is 15.9. The summed E-state index contributed by atoms with van der Waals surface area (Å²) < 4.78 is 103. The van der Waals surface area contributed by atoms with Crippen LogP contribution < -0.4 is 0 Å². The van der Waals surface area contributed by atoms with Gasteiger partial charge >= 0.3 is 6.18 Å². The van der Waals surface area contributed by atoms with Gasteiger partial charge in [0.2, 0.25) is 5.82 Å². The Morgan fingerprint density at radius 3 is 1.33 bits per heavy atom. The molecule has 0 saturated heterocycles. The van der Waals surface area contributed by atoms with Crippen LogP contribution in [0.4, 0.5) is 35.1 Å². The Morgan fingerprint density at radius 2 is 0.952 bits per heavy atom. The van der Waals surface area contributed by atoms with Crippen molar-refractivity contribution in [3.63, 3.8) is 0 Å². The maximum Gasteiger partial charge on any atom is 0.416 e. The monoisotopic (exact) mass is 312 g/mol. The van der Waals surface area contributed by atoms with E-state index in [9.17, 15) is 35.1 Å². The molecule has 0 bridgehead atoms. The van der Waals surface area contributed by atoms with E-state index in [4.69, 9.17) is 0 Å². The van der Waals surface area contributed by atoms with Gasteiger partial charge in [-0.2, -0.15) is 13.2 Å². The van der Waals surface area contributed by atoms with Crippen molar-refractivity contribution < 1.29 is 35.1 Å². The highest BCUT2D eigenvalue weighted by Gasteiger charge is 2.31. The van der Waals surface area contributed by atoms with Gasteiger partial charge in [0.05, 0.1) is 11.1 Å². The normalized spacial score (nSPS) is 11.8. The molecule has 112 valence electrons. The van der Waals surface area contributed by atoms with Crippen LogP contribution in [0, 0.1) is 29.1 Å². The van der Waals surface area contributed by atoms with E-state index in [1.54, 1.807) is 0 Å². The summed E-state index contributed by atoms with van der Waals surface area (Å²) in [6.45, 7) is 0. The Hall–Kier alpha value is -2.12. The number of hydrogen-bond donors (Lipinski definition) is 0. The van der Waals surface area contributed by atoms with Crippen LogP contribution >= 0.6 is 0 Å². The summed E-state index contributed by atoms with van der Waals surface area (Å²) in [5, 5.41) is 0. The van der Waals surface area contributed by atoms with Crippen molar-refractivity contribution in [3.05, 3.63) is 58.9 Å². The van der Waals surface area contributed by atoms with E-state index in [-0.39, 0.29) is 0 Å². The Morgan fingerprint density at radius 1 is 0.571 bits per heavy atom. The molecule has 0 nitrogen and oxygen atoms in total. The van der Waals surface area contributed by atoms with Crippen LogP contribution in [0.3, 0.4) is 0 Å². The molecule has 2 aromatic carbocycles. The second-order valence-electron chi connectivity index (χ2n) is 4.02. The molecular formula is C13H4F8. The molecular weight excluding hydrogens is 308 g/mol. The van der Waals surface area contributed by atoms with E-state index in [0.717, 1.165) is 0 Å². The lowest BCUT2D eigenvalue weighted by Gasteiger charge is -2.10. The molecule has 0 amide bonds. The Bertz CT molecular complexity index is 656. The van der Waals surface area contributed by atoms with Gasteiger partial charge < -0.3 is 0 Å². The van der Waals surface area contributed by atoms with Crippen molar-refractivity contribution in [2.24, 2.45) is 0 Å². The number of rotatable bonds is 1. The average molecular weight is 312 g/mol. The van der Waals surface area contributed by atoms with Gasteiger partial charge in [0.25, 0.3) is 0 Å². The third-order valence-electron chi connectivity index (χ3n) is 2.71. The molecule has 0 atom stereocenters. The molecule has 0 aliphatic rings. The zero-order valence-corrected chi connectivity index (χ0v) is 9.83. The van der Waals surface area contributed by atoms with Crippen molar-refractivity contribution in [1.29, 1.82) is 0 Å². The molecule has 0 saturated carbocycles. The maximum atomic E-state index is 13.5. The van der Waals surface area contributed by atoms with Gasteiger partial charge in [0, 0.05) is 0 Å². The Balaban J connectivity index is 2.63. The minimum atomic E-state index is -4.69. The van der Waals surface area contributed by atoms with Gasteiger partial charge in [-0.3, -0.25) is 0 Å². The van der Waals surface area contributed by atoms with Gasteiger partial charge in [-0.1, -0.05) is 12.1 Å². The predicted molar refractivity (Wildman–Crippen MR) is 56.7 cm³/mol. The topological polar surface area (TPSA) is 0 Å². The van der Waals surface area contributed by atoms with Crippen LogP contribution in [0.5, 0.6) is 0 Å². The van der Waals surface area contributed by atoms with Gasteiger partial charge in [-0.25, -0.2) is 22.0 Å². The van der Waals surface area contributed by atoms with Crippen molar-refractivity contribution >= 4 is 0 Å². The second kappa shape index (κ2) is 5.01. The summed E-state index contributed by atoms with van der Waals surface area (Å²) in [7, 11) is 0. The second-order valence-corrected chi connectivity index (χ2v) is 4.02. The molecule has 0 fully saturated rings. The van der Waals surface area contributed by atoms with Gasteiger partial charge in [0.15, 0.2) is 23.3 Å². The third-order valence-corrected chi connectivity index (χ3v) is 2.71. The third kappa shape index (κ3) is 2.57. The summed E-state index contributed by atoms with van der Waals surface area (Å²) >= 11 is 0. The van der Waals surface area contributed by atoms with E-state index >= 15 is 0 Å². The summed E-state index contributed by atoms with van der Waals surface area (Å²) in [4.78, 5) is 0. The van der Waals surface area contributed by atoms with Crippen molar-refractivity contribution in [1.82, 2.24) is 0 Å². The zero-order valence-electron chi connectivity index (χ0n) is 9.83. The van der Waals surface area contributed by atoms with Gasteiger partial charge in [-0.05, 0) is 17.7 Å². The fourth-order valence-corrected chi connectivity index (χ4v) is 1.68.